The molecule has 2 aromatic rings. The normalized spacial score (nSPS) is 12.5. The molecular weight excluding hydrogens is 318 g/mol. The van der Waals surface area contributed by atoms with Gasteiger partial charge in [0.2, 0.25) is 0 Å². The Morgan fingerprint density at radius 2 is 1.54 bits per heavy atom. The van der Waals surface area contributed by atoms with E-state index in [0.717, 1.165) is 11.1 Å². The molecule has 0 fully saturated rings. The molecule has 24 heavy (non-hydrogen) atoms. The summed E-state index contributed by atoms with van der Waals surface area (Å²) in [5.41, 5.74) is 4.02. The molecule has 1 N–H and O–H groups in total. The molecule has 0 saturated heterocycles. The zero-order chi connectivity index (χ0) is 18.1. The standard InChI is InChI=1S/C20H27NO2S/c1-14(2)19-12-9-17(13-15(19)3)21-24(22,23)18-10-7-16(8-11-18)20(4,5)6/h7-14,21H,1-6H3. The molecule has 0 unspecified atom stereocenters. The van der Waals surface area contributed by atoms with Crippen LogP contribution < -0.4 is 4.72 Å². The van der Waals surface area contributed by atoms with Crippen LogP contribution >= 0.6 is 0 Å². The van der Waals surface area contributed by atoms with E-state index in [1.807, 2.05) is 37.3 Å². The van der Waals surface area contributed by atoms with Gasteiger partial charge in [-0.1, -0.05) is 52.8 Å². The van der Waals surface area contributed by atoms with Gasteiger partial charge in [0, 0.05) is 5.69 Å². The summed E-state index contributed by atoms with van der Waals surface area (Å²) in [5, 5.41) is 0. The second-order valence-corrected chi connectivity index (χ2v) is 9.29. The van der Waals surface area contributed by atoms with E-state index in [-0.39, 0.29) is 10.3 Å². The van der Waals surface area contributed by atoms with Crippen molar-refractivity contribution in [2.75, 3.05) is 4.72 Å². The van der Waals surface area contributed by atoms with Crippen LogP contribution in [0.5, 0.6) is 0 Å². The van der Waals surface area contributed by atoms with Gasteiger partial charge in [0.1, 0.15) is 0 Å². The molecule has 2 aromatic carbocycles. The molecule has 130 valence electrons. The van der Waals surface area contributed by atoms with Crippen molar-refractivity contribution in [3.05, 3.63) is 59.2 Å². The van der Waals surface area contributed by atoms with Crippen LogP contribution in [-0.4, -0.2) is 8.42 Å². The highest BCUT2D eigenvalue weighted by molar-refractivity contribution is 7.92. The molecule has 2 rings (SSSR count). The fraction of sp³-hybridized carbons (Fsp3) is 0.400. The van der Waals surface area contributed by atoms with Crippen LogP contribution in [0.2, 0.25) is 0 Å². The summed E-state index contributed by atoms with van der Waals surface area (Å²) < 4.78 is 27.8. The Morgan fingerprint density at radius 1 is 0.958 bits per heavy atom. The molecular formula is C20H27NO2S. The van der Waals surface area contributed by atoms with E-state index in [1.54, 1.807) is 12.1 Å². The Morgan fingerprint density at radius 3 is 2.00 bits per heavy atom. The van der Waals surface area contributed by atoms with Crippen LogP contribution in [0.4, 0.5) is 5.69 Å². The predicted molar refractivity (Wildman–Crippen MR) is 101 cm³/mol. The maximum Gasteiger partial charge on any atom is 0.261 e. The molecule has 0 amide bonds. The third kappa shape index (κ3) is 4.18. The summed E-state index contributed by atoms with van der Waals surface area (Å²) >= 11 is 0. The lowest BCUT2D eigenvalue weighted by Gasteiger charge is -2.19. The first-order valence-electron chi connectivity index (χ1n) is 8.24. The number of aryl methyl sites for hydroxylation is 1. The van der Waals surface area contributed by atoms with Gasteiger partial charge in [0.25, 0.3) is 10.0 Å². The second kappa shape index (κ2) is 6.60. The van der Waals surface area contributed by atoms with Crippen molar-refractivity contribution in [3.8, 4) is 0 Å². The van der Waals surface area contributed by atoms with Crippen LogP contribution in [0.1, 0.15) is 57.2 Å². The molecule has 0 saturated carbocycles. The van der Waals surface area contributed by atoms with Crippen LogP contribution in [0.3, 0.4) is 0 Å². The van der Waals surface area contributed by atoms with Gasteiger partial charge in [-0.2, -0.15) is 0 Å². The number of rotatable bonds is 4. The molecule has 0 aliphatic carbocycles. The highest BCUT2D eigenvalue weighted by Crippen LogP contribution is 2.26. The average Bonchev–Trinajstić information content (AvgIpc) is 2.45. The fourth-order valence-electron chi connectivity index (χ4n) is 2.74. The van der Waals surface area contributed by atoms with Gasteiger partial charge >= 0.3 is 0 Å². The molecule has 0 radical (unpaired) electrons. The van der Waals surface area contributed by atoms with E-state index in [9.17, 15) is 8.42 Å². The Bertz CT molecular complexity index is 814. The van der Waals surface area contributed by atoms with Gasteiger partial charge in [-0.05, 0) is 59.2 Å². The lowest BCUT2D eigenvalue weighted by Crippen LogP contribution is -2.15. The van der Waals surface area contributed by atoms with Crippen molar-refractivity contribution in [3.63, 3.8) is 0 Å². The first-order valence-corrected chi connectivity index (χ1v) is 9.73. The van der Waals surface area contributed by atoms with E-state index in [2.05, 4.69) is 39.3 Å². The summed E-state index contributed by atoms with van der Waals surface area (Å²) in [4.78, 5) is 0.279. The Balaban J connectivity index is 2.27. The maximum atomic E-state index is 12.6. The van der Waals surface area contributed by atoms with Gasteiger partial charge in [-0.3, -0.25) is 4.72 Å². The molecule has 0 bridgehead atoms. The van der Waals surface area contributed by atoms with E-state index in [4.69, 9.17) is 0 Å². The van der Waals surface area contributed by atoms with E-state index >= 15 is 0 Å². The first kappa shape index (κ1) is 18.5. The minimum Gasteiger partial charge on any atom is -0.280 e. The SMILES string of the molecule is Cc1cc(NS(=O)(=O)c2ccc(C(C)(C)C)cc2)ccc1C(C)C. The summed E-state index contributed by atoms with van der Waals surface area (Å²) in [6.07, 6.45) is 0. The first-order chi connectivity index (χ1) is 11.0. The number of hydrogen-bond donors (Lipinski definition) is 1. The Hall–Kier alpha value is -1.81. The van der Waals surface area contributed by atoms with E-state index in [0.29, 0.717) is 11.6 Å². The molecule has 0 aliphatic heterocycles. The highest BCUT2D eigenvalue weighted by Gasteiger charge is 2.18. The predicted octanol–water partition coefficient (Wildman–Crippen LogP) is 5.22. The van der Waals surface area contributed by atoms with Crippen molar-refractivity contribution in [2.24, 2.45) is 0 Å². The summed E-state index contributed by atoms with van der Waals surface area (Å²) in [7, 11) is -3.58. The fourth-order valence-corrected chi connectivity index (χ4v) is 3.78. The molecule has 4 heteroatoms. The van der Waals surface area contributed by atoms with Crippen LogP contribution in [0.25, 0.3) is 0 Å². The second-order valence-electron chi connectivity index (χ2n) is 7.61. The number of hydrogen-bond acceptors (Lipinski definition) is 2. The third-order valence-electron chi connectivity index (χ3n) is 4.17. The van der Waals surface area contributed by atoms with Crippen molar-refractivity contribution >= 4 is 15.7 Å². The molecule has 0 aliphatic rings. The minimum atomic E-state index is -3.58. The number of anilines is 1. The van der Waals surface area contributed by atoms with Crippen molar-refractivity contribution < 1.29 is 8.42 Å². The molecule has 0 heterocycles. The largest absolute Gasteiger partial charge is 0.280 e. The van der Waals surface area contributed by atoms with E-state index in [1.165, 1.54) is 5.56 Å². The average molecular weight is 346 g/mol. The topological polar surface area (TPSA) is 46.2 Å². The van der Waals surface area contributed by atoms with Crippen LogP contribution in [0.15, 0.2) is 47.4 Å². The minimum absolute atomic E-state index is 0.000487. The van der Waals surface area contributed by atoms with Crippen molar-refractivity contribution in [1.82, 2.24) is 0 Å². The zero-order valence-corrected chi connectivity index (χ0v) is 16.2. The van der Waals surface area contributed by atoms with Gasteiger partial charge in [0.15, 0.2) is 0 Å². The van der Waals surface area contributed by atoms with Crippen molar-refractivity contribution in [2.45, 2.75) is 57.8 Å². The summed E-state index contributed by atoms with van der Waals surface area (Å²) in [6.45, 7) is 12.6. The molecule has 0 spiro atoms. The van der Waals surface area contributed by atoms with Gasteiger partial charge in [-0.25, -0.2) is 8.42 Å². The smallest absolute Gasteiger partial charge is 0.261 e. The Labute approximate surface area is 146 Å². The summed E-state index contributed by atoms with van der Waals surface area (Å²) in [5.74, 6) is 0.417. The quantitative estimate of drug-likeness (QED) is 0.826. The zero-order valence-electron chi connectivity index (χ0n) is 15.3. The molecule has 0 atom stereocenters. The van der Waals surface area contributed by atoms with Crippen molar-refractivity contribution in [1.29, 1.82) is 0 Å². The monoisotopic (exact) mass is 345 g/mol. The lowest BCUT2D eigenvalue weighted by atomic mass is 9.87. The highest BCUT2D eigenvalue weighted by atomic mass is 32.2. The Kier molecular flexibility index (Phi) is 5.09. The number of sulfonamides is 1. The van der Waals surface area contributed by atoms with Gasteiger partial charge < -0.3 is 0 Å². The van der Waals surface area contributed by atoms with Crippen LogP contribution in [0, 0.1) is 6.92 Å². The van der Waals surface area contributed by atoms with Gasteiger partial charge in [-0.15, -0.1) is 0 Å². The van der Waals surface area contributed by atoms with Gasteiger partial charge in [0.05, 0.1) is 4.90 Å². The molecule has 0 aromatic heterocycles. The van der Waals surface area contributed by atoms with E-state index < -0.39 is 10.0 Å². The summed E-state index contributed by atoms with van der Waals surface area (Å²) in [6, 6.07) is 12.8. The number of nitrogens with one attached hydrogen (secondary N) is 1. The number of benzene rings is 2. The third-order valence-corrected chi connectivity index (χ3v) is 5.57. The molecule has 3 nitrogen and oxygen atoms in total. The van der Waals surface area contributed by atoms with Crippen LogP contribution in [-0.2, 0) is 15.4 Å². The maximum absolute atomic E-state index is 12.6. The lowest BCUT2D eigenvalue weighted by molar-refractivity contribution is 0.587.